The highest BCUT2D eigenvalue weighted by Gasteiger charge is 2.29. The average Bonchev–Trinajstić information content (AvgIpc) is 2.24. The van der Waals surface area contributed by atoms with Crippen LogP contribution in [0, 0.1) is 13.8 Å². The van der Waals surface area contributed by atoms with Crippen LogP contribution in [0.15, 0.2) is 4.60 Å². The van der Waals surface area contributed by atoms with Crippen LogP contribution in [-0.4, -0.2) is 14.7 Å². The third-order valence-electron chi connectivity index (χ3n) is 1.58. The number of hydrogen-bond donors (Lipinski definition) is 0. The number of hydrogen-bond acceptors (Lipinski definition) is 3. The summed E-state index contributed by atoms with van der Waals surface area (Å²) in [6.07, 6.45) is 0. The van der Waals surface area contributed by atoms with E-state index in [1.807, 2.05) is 43.4 Å². The first-order valence-corrected chi connectivity index (χ1v) is 5.71. The van der Waals surface area contributed by atoms with Crippen molar-refractivity contribution in [3.63, 3.8) is 0 Å². The van der Waals surface area contributed by atoms with E-state index in [4.69, 9.17) is 0 Å². The summed E-state index contributed by atoms with van der Waals surface area (Å²) in [6.45, 7) is 5.81. The quantitative estimate of drug-likeness (QED) is 0.432. The Morgan fingerprint density at radius 3 is 2.29 bits per heavy atom. The summed E-state index contributed by atoms with van der Waals surface area (Å²) in [7, 11) is 0. The lowest BCUT2D eigenvalue weighted by molar-refractivity contribution is -0.386. The Labute approximate surface area is 103 Å². The molecule has 0 aliphatic heterocycles. The average molecular weight is 374 g/mol. The van der Waals surface area contributed by atoms with Crippen LogP contribution in [0.25, 0.3) is 0 Å². The van der Waals surface area contributed by atoms with Gasteiger partial charge in [0.2, 0.25) is 3.70 Å². The van der Waals surface area contributed by atoms with Crippen molar-refractivity contribution in [1.29, 1.82) is 0 Å². The number of aromatic nitrogens is 2. The molecule has 0 unspecified atom stereocenters. The second kappa shape index (κ2) is 3.76. The summed E-state index contributed by atoms with van der Waals surface area (Å²) < 4.78 is 2.42. The Morgan fingerprint density at radius 1 is 1.57 bits per heavy atom. The molecule has 0 saturated carbocycles. The summed E-state index contributed by atoms with van der Waals surface area (Å²) in [4.78, 5) is 10.3. The van der Waals surface area contributed by atoms with Gasteiger partial charge in [-0.2, -0.15) is 5.10 Å². The summed E-state index contributed by atoms with van der Waals surface area (Å²) in [5.74, 6) is 0. The molecule has 1 aromatic heterocycles. The smallest absolute Gasteiger partial charge is 0.258 e. The molecular weight excluding hydrogens is 365 g/mol. The highest BCUT2D eigenvalue weighted by molar-refractivity contribution is 14.1. The van der Waals surface area contributed by atoms with Crippen LogP contribution in [0.5, 0.6) is 0 Å². The Balaban J connectivity index is 3.39. The third kappa shape index (κ3) is 2.08. The van der Waals surface area contributed by atoms with Crippen LogP contribution < -0.4 is 0 Å². The zero-order valence-electron chi connectivity index (χ0n) is 7.91. The lowest BCUT2D eigenvalue weighted by Gasteiger charge is -2.19. The molecule has 0 fully saturated rings. The van der Waals surface area contributed by atoms with E-state index in [2.05, 4.69) is 21.0 Å². The zero-order valence-corrected chi connectivity index (χ0v) is 11.7. The maximum atomic E-state index is 10.7. The largest absolute Gasteiger partial charge is 0.334 e. The van der Waals surface area contributed by atoms with Gasteiger partial charge in [0.15, 0.2) is 4.60 Å². The standard InChI is InChI=1S/C7H9BrIN3O2/c1-7(2,3)11-5(8)4(12(13)14)6(9)10-11/h1-3H3. The minimum absolute atomic E-state index is 0.0283. The summed E-state index contributed by atoms with van der Waals surface area (Å²) in [5.41, 5.74) is -0.243. The first-order chi connectivity index (χ1) is 6.25. The molecule has 7 heteroatoms. The van der Waals surface area contributed by atoms with Crippen LogP contribution in [0.4, 0.5) is 5.69 Å². The van der Waals surface area contributed by atoms with Crippen molar-refractivity contribution in [2.45, 2.75) is 26.3 Å². The molecule has 0 amide bonds. The maximum Gasteiger partial charge on any atom is 0.334 e. The molecule has 1 aromatic rings. The van der Waals surface area contributed by atoms with E-state index < -0.39 is 4.92 Å². The summed E-state index contributed by atoms with van der Waals surface area (Å²) in [6, 6.07) is 0. The molecule has 5 nitrogen and oxygen atoms in total. The van der Waals surface area contributed by atoms with Crippen molar-refractivity contribution in [2.24, 2.45) is 0 Å². The Bertz CT molecular complexity index is 383. The second-order valence-corrected chi connectivity index (χ2v) is 5.54. The van der Waals surface area contributed by atoms with Crippen LogP contribution in [0.1, 0.15) is 20.8 Å². The molecule has 0 saturated heterocycles. The van der Waals surface area contributed by atoms with E-state index in [0.29, 0.717) is 8.30 Å². The fourth-order valence-electron chi connectivity index (χ4n) is 0.960. The van der Waals surface area contributed by atoms with E-state index in [0.717, 1.165) is 0 Å². The zero-order chi connectivity index (χ0) is 11.1. The molecule has 1 rings (SSSR count). The molecule has 0 aliphatic carbocycles. The van der Waals surface area contributed by atoms with E-state index in [-0.39, 0.29) is 11.2 Å². The highest BCUT2D eigenvalue weighted by atomic mass is 127. The number of nitro groups is 1. The van der Waals surface area contributed by atoms with E-state index in [1.165, 1.54) is 0 Å². The summed E-state index contributed by atoms with van der Waals surface area (Å²) >= 11 is 5.05. The van der Waals surface area contributed by atoms with Gasteiger partial charge in [0, 0.05) is 0 Å². The van der Waals surface area contributed by atoms with Crippen molar-refractivity contribution in [1.82, 2.24) is 9.78 Å². The van der Waals surface area contributed by atoms with Crippen LogP contribution in [0.3, 0.4) is 0 Å². The highest BCUT2D eigenvalue weighted by Crippen LogP contribution is 2.33. The van der Waals surface area contributed by atoms with Crippen molar-refractivity contribution in [3.8, 4) is 0 Å². The normalized spacial score (nSPS) is 11.8. The third-order valence-corrected chi connectivity index (χ3v) is 3.02. The maximum absolute atomic E-state index is 10.7. The van der Waals surface area contributed by atoms with Gasteiger partial charge in [-0.05, 0) is 59.3 Å². The summed E-state index contributed by atoms with van der Waals surface area (Å²) in [5, 5.41) is 14.8. The first-order valence-electron chi connectivity index (χ1n) is 3.84. The van der Waals surface area contributed by atoms with Crippen LogP contribution in [0.2, 0.25) is 0 Å². The lowest BCUT2D eigenvalue weighted by Crippen LogP contribution is -2.23. The number of nitrogens with zero attached hydrogens (tertiary/aromatic N) is 3. The molecule has 0 spiro atoms. The number of rotatable bonds is 1. The number of halogens is 2. The molecule has 14 heavy (non-hydrogen) atoms. The minimum atomic E-state index is -0.429. The van der Waals surface area contributed by atoms with Gasteiger partial charge < -0.3 is 0 Å². The van der Waals surface area contributed by atoms with Crippen LogP contribution in [-0.2, 0) is 5.54 Å². The molecular formula is C7H9BrIN3O2. The van der Waals surface area contributed by atoms with Crippen LogP contribution >= 0.6 is 38.5 Å². The molecule has 0 aliphatic rings. The van der Waals surface area contributed by atoms with Gasteiger partial charge in [0.1, 0.15) is 0 Å². The lowest BCUT2D eigenvalue weighted by atomic mass is 10.1. The molecule has 0 N–H and O–H groups in total. The van der Waals surface area contributed by atoms with Crippen molar-refractivity contribution >= 4 is 44.2 Å². The fourth-order valence-corrected chi connectivity index (χ4v) is 2.94. The monoisotopic (exact) mass is 373 g/mol. The van der Waals surface area contributed by atoms with Gasteiger partial charge in [0.05, 0.1) is 10.5 Å². The molecule has 0 aromatic carbocycles. The Kier molecular flexibility index (Phi) is 3.20. The first kappa shape index (κ1) is 11.9. The minimum Gasteiger partial charge on any atom is -0.258 e. The van der Waals surface area contributed by atoms with Crippen molar-refractivity contribution in [2.75, 3.05) is 0 Å². The van der Waals surface area contributed by atoms with E-state index >= 15 is 0 Å². The fraction of sp³-hybridized carbons (Fsp3) is 0.571. The topological polar surface area (TPSA) is 61.0 Å². The predicted molar refractivity (Wildman–Crippen MR) is 64.3 cm³/mol. The molecule has 0 bridgehead atoms. The van der Waals surface area contributed by atoms with Gasteiger partial charge in [-0.3, -0.25) is 10.1 Å². The predicted octanol–water partition coefficient (Wildman–Crippen LogP) is 2.91. The van der Waals surface area contributed by atoms with Gasteiger partial charge in [-0.25, -0.2) is 4.68 Å². The van der Waals surface area contributed by atoms with Gasteiger partial charge in [0.25, 0.3) is 0 Å². The Morgan fingerprint density at radius 2 is 2.07 bits per heavy atom. The molecule has 0 radical (unpaired) electrons. The molecule has 1 heterocycles. The van der Waals surface area contributed by atoms with E-state index in [9.17, 15) is 10.1 Å². The van der Waals surface area contributed by atoms with Crippen molar-refractivity contribution < 1.29 is 4.92 Å². The Hall–Kier alpha value is -0.180. The van der Waals surface area contributed by atoms with Gasteiger partial charge in [-0.1, -0.05) is 0 Å². The van der Waals surface area contributed by atoms with Gasteiger partial charge in [-0.15, -0.1) is 0 Å². The second-order valence-electron chi connectivity index (χ2n) is 3.77. The molecule has 78 valence electrons. The SMILES string of the molecule is CC(C)(C)n1nc(I)c([N+](=O)[O-])c1Br. The molecule has 0 atom stereocenters. The van der Waals surface area contributed by atoms with E-state index in [1.54, 1.807) is 4.68 Å². The van der Waals surface area contributed by atoms with Gasteiger partial charge >= 0.3 is 5.69 Å². The van der Waals surface area contributed by atoms with Crippen molar-refractivity contribution in [3.05, 3.63) is 18.4 Å².